The van der Waals surface area contributed by atoms with Crippen molar-refractivity contribution in [2.45, 2.75) is 34.2 Å². The summed E-state index contributed by atoms with van der Waals surface area (Å²) in [5.41, 5.74) is 8.09. The molecule has 4 heteroatoms. The standard InChI is InChI=1S/C20H27N3O/c1-5-23(6-2)14-18-13-17(9-12-20(18)24)16(4)21-22-19-10-7-15(3)8-11-19/h7-13,22,24H,5-6,14H2,1-4H3/b21-16+. The molecule has 0 saturated heterocycles. The van der Waals surface area contributed by atoms with Gasteiger partial charge in [-0.3, -0.25) is 10.3 Å². The maximum Gasteiger partial charge on any atom is 0.120 e. The molecule has 0 aliphatic heterocycles. The number of rotatable bonds is 7. The normalized spacial score (nSPS) is 11.8. The first-order chi connectivity index (χ1) is 11.5. The molecule has 0 aliphatic carbocycles. The highest BCUT2D eigenvalue weighted by Crippen LogP contribution is 2.21. The van der Waals surface area contributed by atoms with E-state index >= 15 is 0 Å². The van der Waals surface area contributed by atoms with E-state index in [9.17, 15) is 5.11 Å². The van der Waals surface area contributed by atoms with Crippen LogP contribution in [0.5, 0.6) is 5.75 Å². The fraction of sp³-hybridized carbons (Fsp3) is 0.350. The molecule has 2 aromatic carbocycles. The second-order valence-corrected chi connectivity index (χ2v) is 5.98. The summed E-state index contributed by atoms with van der Waals surface area (Å²) < 4.78 is 0. The number of aryl methyl sites for hydroxylation is 1. The Hall–Kier alpha value is -2.33. The molecular formula is C20H27N3O. The molecule has 2 rings (SSSR count). The number of hydrazone groups is 1. The summed E-state index contributed by atoms with van der Waals surface area (Å²) in [5.74, 6) is 0.338. The van der Waals surface area contributed by atoms with Crippen molar-refractivity contribution in [1.29, 1.82) is 0 Å². The zero-order valence-corrected chi connectivity index (χ0v) is 15.0. The monoisotopic (exact) mass is 325 g/mol. The molecule has 2 aromatic rings. The Morgan fingerprint density at radius 3 is 2.38 bits per heavy atom. The molecule has 0 atom stereocenters. The number of phenols is 1. The first-order valence-corrected chi connectivity index (χ1v) is 8.45. The summed E-state index contributed by atoms with van der Waals surface area (Å²) in [6.07, 6.45) is 0. The van der Waals surface area contributed by atoms with Gasteiger partial charge in [-0.15, -0.1) is 0 Å². The minimum absolute atomic E-state index is 0.338. The number of nitrogens with one attached hydrogen (secondary N) is 1. The average Bonchev–Trinajstić information content (AvgIpc) is 2.60. The largest absolute Gasteiger partial charge is 0.508 e. The molecule has 128 valence electrons. The van der Waals surface area contributed by atoms with E-state index in [0.717, 1.165) is 42.2 Å². The van der Waals surface area contributed by atoms with E-state index in [-0.39, 0.29) is 0 Å². The van der Waals surface area contributed by atoms with Gasteiger partial charge in [-0.05, 0) is 62.8 Å². The number of benzene rings is 2. The molecule has 0 radical (unpaired) electrons. The third-order valence-corrected chi connectivity index (χ3v) is 4.19. The van der Waals surface area contributed by atoms with Crippen molar-refractivity contribution >= 4 is 11.4 Å². The molecule has 0 fully saturated rings. The highest BCUT2D eigenvalue weighted by Gasteiger charge is 2.08. The van der Waals surface area contributed by atoms with Gasteiger partial charge in [0.1, 0.15) is 5.75 Å². The van der Waals surface area contributed by atoms with E-state index < -0.39 is 0 Å². The Morgan fingerprint density at radius 2 is 1.75 bits per heavy atom. The predicted octanol–water partition coefficient (Wildman–Crippen LogP) is 4.38. The fourth-order valence-corrected chi connectivity index (χ4v) is 2.47. The zero-order valence-electron chi connectivity index (χ0n) is 15.0. The SMILES string of the molecule is CCN(CC)Cc1cc(/C(C)=N/Nc2ccc(C)cc2)ccc1O. The van der Waals surface area contributed by atoms with E-state index in [0.29, 0.717) is 5.75 Å². The average molecular weight is 325 g/mol. The van der Waals surface area contributed by atoms with Crippen molar-refractivity contribution in [3.8, 4) is 5.75 Å². The number of hydrogen-bond acceptors (Lipinski definition) is 4. The lowest BCUT2D eigenvalue weighted by Crippen LogP contribution is -2.22. The van der Waals surface area contributed by atoms with Gasteiger partial charge in [-0.2, -0.15) is 5.10 Å². The van der Waals surface area contributed by atoms with Gasteiger partial charge >= 0.3 is 0 Å². The van der Waals surface area contributed by atoms with Crippen LogP contribution in [0.3, 0.4) is 0 Å². The van der Waals surface area contributed by atoms with Gasteiger partial charge in [0.25, 0.3) is 0 Å². The molecule has 0 amide bonds. The van der Waals surface area contributed by atoms with Crippen molar-refractivity contribution in [2.24, 2.45) is 5.10 Å². The van der Waals surface area contributed by atoms with Crippen molar-refractivity contribution in [2.75, 3.05) is 18.5 Å². The lowest BCUT2D eigenvalue weighted by atomic mass is 10.1. The summed E-state index contributed by atoms with van der Waals surface area (Å²) in [7, 11) is 0. The minimum Gasteiger partial charge on any atom is -0.508 e. The number of nitrogens with zero attached hydrogens (tertiary/aromatic N) is 2. The molecule has 0 spiro atoms. The number of hydrogen-bond donors (Lipinski definition) is 2. The van der Waals surface area contributed by atoms with Gasteiger partial charge in [-0.1, -0.05) is 31.5 Å². The first kappa shape index (κ1) is 18.0. The van der Waals surface area contributed by atoms with Crippen molar-refractivity contribution in [3.63, 3.8) is 0 Å². The van der Waals surface area contributed by atoms with Crippen molar-refractivity contribution < 1.29 is 5.11 Å². The second kappa shape index (κ2) is 8.50. The van der Waals surface area contributed by atoms with Crippen LogP contribution in [0.25, 0.3) is 0 Å². The predicted molar refractivity (Wildman–Crippen MR) is 102 cm³/mol. The summed E-state index contributed by atoms with van der Waals surface area (Å²) in [6, 6.07) is 13.8. The van der Waals surface area contributed by atoms with Crippen LogP contribution in [0.1, 0.15) is 37.5 Å². The van der Waals surface area contributed by atoms with E-state index in [1.807, 2.05) is 31.2 Å². The molecule has 0 heterocycles. The molecule has 0 bridgehead atoms. The maximum atomic E-state index is 10.1. The van der Waals surface area contributed by atoms with Crippen LogP contribution in [-0.2, 0) is 6.54 Å². The molecule has 0 unspecified atom stereocenters. The molecule has 2 N–H and O–H groups in total. The van der Waals surface area contributed by atoms with Crippen LogP contribution < -0.4 is 5.43 Å². The molecule has 0 aromatic heterocycles. The van der Waals surface area contributed by atoms with Crippen LogP contribution in [0.4, 0.5) is 5.69 Å². The Bertz CT molecular complexity index is 689. The number of anilines is 1. The van der Waals surface area contributed by atoms with Gasteiger partial charge in [0.05, 0.1) is 11.4 Å². The minimum atomic E-state index is 0.338. The number of phenolic OH excluding ortho intramolecular Hbond substituents is 1. The molecule has 0 saturated carbocycles. The molecule has 24 heavy (non-hydrogen) atoms. The Kier molecular flexibility index (Phi) is 6.38. The van der Waals surface area contributed by atoms with Crippen LogP contribution in [-0.4, -0.2) is 28.8 Å². The molecule has 4 nitrogen and oxygen atoms in total. The zero-order chi connectivity index (χ0) is 17.5. The van der Waals surface area contributed by atoms with Gasteiger partial charge in [0.15, 0.2) is 0 Å². The van der Waals surface area contributed by atoms with Crippen molar-refractivity contribution in [1.82, 2.24) is 4.90 Å². The summed E-state index contributed by atoms with van der Waals surface area (Å²) >= 11 is 0. The maximum absolute atomic E-state index is 10.1. The second-order valence-electron chi connectivity index (χ2n) is 5.98. The van der Waals surface area contributed by atoms with Gasteiger partial charge in [0.2, 0.25) is 0 Å². The summed E-state index contributed by atoms with van der Waals surface area (Å²) in [4.78, 5) is 2.27. The van der Waals surface area contributed by atoms with Crippen LogP contribution in [0, 0.1) is 6.92 Å². The Morgan fingerprint density at radius 1 is 1.08 bits per heavy atom. The molecule has 0 aliphatic rings. The third-order valence-electron chi connectivity index (χ3n) is 4.19. The Labute approximate surface area is 144 Å². The van der Waals surface area contributed by atoms with E-state index in [4.69, 9.17) is 0 Å². The van der Waals surface area contributed by atoms with E-state index in [1.165, 1.54) is 5.56 Å². The molecular weight excluding hydrogens is 298 g/mol. The first-order valence-electron chi connectivity index (χ1n) is 8.45. The Balaban J connectivity index is 2.15. The number of aromatic hydroxyl groups is 1. The van der Waals surface area contributed by atoms with Gasteiger partial charge in [0, 0.05) is 12.1 Å². The summed E-state index contributed by atoms with van der Waals surface area (Å²) in [6.45, 7) is 10.9. The van der Waals surface area contributed by atoms with E-state index in [1.54, 1.807) is 6.07 Å². The topological polar surface area (TPSA) is 47.9 Å². The lowest BCUT2D eigenvalue weighted by Gasteiger charge is -2.19. The highest BCUT2D eigenvalue weighted by molar-refractivity contribution is 5.99. The highest BCUT2D eigenvalue weighted by atomic mass is 16.3. The lowest BCUT2D eigenvalue weighted by molar-refractivity contribution is 0.291. The van der Waals surface area contributed by atoms with Gasteiger partial charge < -0.3 is 5.11 Å². The summed E-state index contributed by atoms with van der Waals surface area (Å²) in [5, 5.41) is 14.6. The third kappa shape index (κ3) is 4.83. The smallest absolute Gasteiger partial charge is 0.120 e. The van der Waals surface area contributed by atoms with Crippen LogP contribution in [0.2, 0.25) is 0 Å². The van der Waals surface area contributed by atoms with E-state index in [2.05, 4.69) is 48.3 Å². The van der Waals surface area contributed by atoms with Crippen LogP contribution in [0.15, 0.2) is 47.6 Å². The van der Waals surface area contributed by atoms with Crippen molar-refractivity contribution in [3.05, 3.63) is 59.2 Å². The van der Waals surface area contributed by atoms with Crippen LogP contribution >= 0.6 is 0 Å². The van der Waals surface area contributed by atoms with Gasteiger partial charge in [-0.25, -0.2) is 0 Å². The fourth-order valence-electron chi connectivity index (χ4n) is 2.47. The quantitative estimate of drug-likeness (QED) is 0.587.